The van der Waals surface area contributed by atoms with E-state index in [0.717, 1.165) is 5.69 Å². The van der Waals surface area contributed by atoms with Gasteiger partial charge >= 0.3 is 5.69 Å². The number of carbonyl (C=O) groups excluding carboxylic acids is 1. The fourth-order valence-electron chi connectivity index (χ4n) is 2.53. The largest absolute Gasteiger partial charge is 0.487 e. The minimum Gasteiger partial charge on any atom is -0.487 e. The predicted octanol–water partition coefficient (Wildman–Crippen LogP) is 3.09. The number of hydrogen-bond acceptors (Lipinski definition) is 6. The molecule has 0 fully saturated rings. The molecule has 0 spiro atoms. The molecule has 0 atom stereocenters. The highest BCUT2D eigenvalue weighted by molar-refractivity contribution is 5.98. The molecule has 1 heterocycles. The van der Waals surface area contributed by atoms with Gasteiger partial charge in [-0.2, -0.15) is 0 Å². The standard InChI is InChI=1S/C17H17N3O5/c1-3-24-16-9-12(4-6-13(16)20(22)23)18-11-5-7-15-14(8-11)19(2)17(21)10-25-15/h4-9,18H,3,10H2,1-2H3. The van der Waals surface area contributed by atoms with Crippen molar-refractivity contribution in [1.29, 1.82) is 0 Å². The molecule has 0 aromatic heterocycles. The fraction of sp³-hybridized carbons (Fsp3) is 0.235. The monoisotopic (exact) mass is 343 g/mol. The van der Waals surface area contributed by atoms with Gasteiger partial charge in [-0.05, 0) is 31.2 Å². The van der Waals surface area contributed by atoms with E-state index >= 15 is 0 Å². The molecular weight excluding hydrogens is 326 g/mol. The first-order valence-electron chi connectivity index (χ1n) is 7.71. The molecule has 1 aliphatic rings. The molecule has 1 aliphatic heterocycles. The maximum Gasteiger partial charge on any atom is 0.311 e. The normalized spacial score (nSPS) is 13.0. The molecule has 2 aromatic carbocycles. The lowest BCUT2D eigenvalue weighted by Gasteiger charge is -2.26. The van der Waals surface area contributed by atoms with E-state index in [4.69, 9.17) is 9.47 Å². The van der Waals surface area contributed by atoms with Crippen LogP contribution in [0.3, 0.4) is 0 Å². The van der Waals surface area contributed by atoms with E-state index in [1.807, 2.05) is 6.07 Å². The number of anilines is 3. The van der Waals surface area contributed by atoms with Crippen molar-refractivity contribution in [3.05, 3.63) is 46.5 Å². The van der Waals surface area contributed by atoms with Crippen LogP contribution < -0.4 is 19.7 Å². The number of carbonyl (C=O) groups is 1. The van der Waals surface area contributed by atoms with Crippen LogP contribution in [0.1, 0.15) is 6.92 Å². The second-order valence-electron chi connectivity index (χ2n) is 5.42. The molecule has 0 saturated carbocycles. The number of nitrogens with one attached hydrogen (secondary N) is 1. The van der Waals surface area contributed by atoms with Gasteiger partial charge < -0.3 is 19.7 Å². The summed E-state index contributed by atoms with van der Waals surface area (Å²) in [5, 5.41) is 14.2. The van der Waals surface area contributed by atoms with Crippen LogP contribution in [-0.2, 0) is 4.79 Å². The van der Waals surface area contributed by atoms with Gasteiger partial charge in [0, 0.05) is 30.6 Å². The molecule has 130 valence electrons. The molecule has 1 amide bonds. The molecule has 25 heavy (non-hydrogen) atoms. The minimum absolute atomic E-state index is 0.0242. The maximum absolute atomic E-state index is 11.7. The summed E-state index contributed by atoms with van der Waals surface area (Å²) >= 11 is 0. The van der Waals surface area contributed by atoms with Crippen molar-refractivity contribution in [2.24, 2.45) is 0 Å². The summed E-state index contributed by atoms with van der Waals surface area (Å²) < 4.78 is 10.7. The van der Waals surface area contributed by atoms with E-state index in [0.29, 0.717) is 23.7 Å². The minimum atomic E-state index is -0.481. The zero-order valence-electron chi connectivity index (χ0n) is 13.8. The summed E-state index contributed by atoms with van der Waals surface area (Å²) in [6, 6.07) is 9.94. The SMILES string of the molecule is CCOc1cc(Nc2ccc3c(c2)N(C)C(=O)CO3)ccc1[N+](=O)[O-]. The van der Waals surface area contributed by atoms with Gasteiger partial charge in [0.15, 0.2) is 12.4 Å². The first-order valence-corrected chi connectivity index (χ1v) is 7.71. The highest BCUT2D eigenvalue weighted by atomic mass is 16.6. The summed E-state index contributed by atoms with van der Waals surface area (Å²) in [6.45, 7) is 2.11. The van der Waals surface area contributed by atoms with E-state index in [9.17, 15) is 14.9 Å². The molecule has 8 heteroatoms. The Labute approximate surface area is 144 Å². The van der Waals surface area contributed by atoms with Gasteiger partial charge in [-0.15, -0.1) is 0 Å². The lowest BCUT2D eigenvalue weighted by molar-refractivity contribution is -0.385. The van der Waals surface area contributed by atoms with Crippen molar-refractivity contribution in [3.8, 4) is 11.5 Å². The zero-order valence-corrected chi connectivity index (χ0v) is 13.8. The van der Waals surface area contributed by atoms with Crippen LogP contribution in [0.25, 0.3) is 0 Å². The van der Waals surface area contributed by atoms with Crippen LogP contribution >= 0.6 is 0 Å². The van der Waals surface area contributed by atoms with Crippen LogP contribution in [0.5, 0.6) is 11.5 Å². The summed E-state index contributed by atoms with van der Waals surface area (Å²) in [7, 11) is 1.69. The molecular formula is C17H17N3O5. The van der Waals surface area contributed by atoms with Gasteiger partial charge in [0.05, 0.1) is 17.2 Å². The van der Waals surface area contributed by atoms with Gasteiger partial charge in [-0.1, -0.05) is 0 Å². The van der Waals surface area contributed by atoms with Crippen molar-refractivity contribution < 1.29 is 19.2 Å². The predicted molar refractivity (Wildman–Crippen MR) is 92.9 cm³/mol. The van der Waals surface area contributed by atoms with Crippen LogP contribution in [0.2, 0.25) is 0 Å². The maximum atomic E-state index is 11.7. The van der Waals surface area contributed by atoms with Crippen LogP contribution in [0, 0.1) is 10.1 Å². The first-order chi connectivity index (χ1) is 12.0. The van der Waals surface area contributed by atoms with Crippen LogP contribution in [-0.4, -0.2) is 31.1 Å². The number of nitro groups is 1. The Morgan fingerprint density at radius 1 is 1.28 bits per heavy atom. The molecule has 3 rings (SSSR count). The number of ether oxygens (including phenoxy) is 2. The van der Waals surface area contributed by atoms with Crippen molar-refractivity contribution in [2.75, 3.05) is 30.5 Å². The van der Waals surface area contributed by atoms with Crippen molar-refractivity contribution >= 4 is 28.7 Å². The third-order valence-electron chi connectivity index (χ3n) is 3.79. The Kier molecular flexibility index (Phi) is 4.42. The van der Waals surface area contributed by atoms with E-state index in [-0.39, 0.29) is 24.0 Å². The highest BCUT2D eigenvalue weighted by Crippen LogP contribution is 2.36. The van der Waals surface area contributed by atoms with E-state index < -0.39 is 4.92 Å². The van der Waals surface area contributed by atoms with Gasteiger partial charge in [0.25, 0.3) is 5.91 Å². The van der Waals surface area contributed by atoms with Gasteiger partial charge in [-0.3, -0.25) is 14.9 Å². The number of likely N-dealkylation sites (N-methyl/N-ethyl adjacent to an activating group) is 1. The Morgan fingerprint density at radius 3 is 2.72 bits per heavy atom. The van der Waals surface area contributed by atoms with E-state index in [2.05, 4.69) is 5.32 Å². The third-order valence-corrected chi connectivity index (χ3v) is 3.79. The fourth-order valence-corrected chi connectivity index (χ4v) is 2.53. The van der Waals surface area contributed by atoms with Gasteiger partial charge in [-0.25, -0.2) is 0 Å². The van der Waals surface area contributed by atoms with Crippen LogP contribution in [0.4, 0.5) is 22.7 Å². The Hall–Kier alpha value is -3.29. The first kappa shape index (κ1) is 16.6. The van der Waals surface area contributed by atoms with Crippen molar-refractivity contribution in [3.63, 3.8) is 0 Å². The van der Waals surface area contributed by atoms with E-state index in [1.54, 1.807) is 38.2 Å². The summed E-state index contributed by atoms with van der Waals surface area (Å²) in [4.78, 5) is 23.8. The smallest absolute Gasteiger partial charge is 0.311 e. The number of nitro benzene ring substituents is 1. The second kappa shape index (κ2) is 6.68. The molecule has 0 bridgehead atoms. The summed E-state index contributed by atoms with van der Waals surface area (Å²) in [6.07, 6.45) is 0. The summed E-state index contributed by atoms with van der Waals surface area (Å²) in [5.41, 5.74) is 1.93. The second-order valence-corrected chi connectivity index (χ2v) is 5.42. The lowest BCUT2D eigenvalue weighted by atomic mass is 10.2. The topological polar surface area (TPSA) is 93.9 Å². The molecule has 0 saturated heterocycles. The molecule has 0 aliphatic carbocycles. The lowest BCUT2D eigenvalue weighted by Crippen LogP contribution is -2.35. The average Bonchev–Trinajstić information content (AvgIpc) is 2.59. The number of nitrogens with zero attached hydrogens (tertiary/aromatic N) is 2. The van der Waals surface area contributed by atoms with Gasteiger partial charge in [0.2, 0.25) is 0 Å². The molecule has 1 N–H and O–H groups in total. The number of rotatable bonds is 5. The number of benzene rings is 2. The number of hydrogen-bond donors (Lipinski definition) is 1. The average molecular weight is 343 g/mol. The third kappa shape index (κ3) is 3.32. The molecule has 0 unspecified atom stereocenters. The van der Waals surface area contributed by atoms with Crippen molar-refractivity contribution in [1.82, 2.24) is 0 Å². The quantitative estimate of drug-likeness (QED) is 0.662. The number of amides is 1. The van der Waals surface area contributed by atoms with E-state index in [1.165, 1.54) is 11.0 Å². The zero-order chi connectivity index (χ0) is 18.0. The highest BCUT2D eigenvalue weighted by Gasteiger charge is 2.22. The summed E-state index contributed by atoms with van der Waals surface area (Å²) in [5.74, 6) is 0.705. The van der Waals surface area contributed by atoms with Crippen LogP contribution in [0.15, 0.2) is 36.4 Å². The molecule has 2 aromatic rings. The molecule has 8 nitrogen and oxygen atoms in total. The van der Waals surface area contributed by atoms with Gasteiger partial charge in [0.1, 0.15) is 5.75 Å². The number of fused-ring (bicyclic) bond motifs is 1. The Bertz CT molecular complexity index is 837. The molecule has 0 radical (unpaired) electrons. The van der Waals surface area contributed by atoms with Crippen molar-refractivity contribution in [2.45, 2.75) is 6.92 Å². The Morgan fingerprint density at radius 2 is 2.00 bits per heavy atom. The Balaban J connectivity index is 1.89.